The molecule has 0 rings (SSSR count). The summed E-state index contributed by atoms with van der Waals surface area (Å²) in [5, 5.41) is 0. The van der Waals surface area contributed by atoms with Gasteiger partial charge in [0.1, 0.15) is 10.1 Å². The molecule has 0 aliphatic heterocycles. The van der Waals surface area contributed by atoms with Crippen molar-refractivity contribution in [3.05, 3.63) is 0 Å². The Bertz CT molecular complexity index is 234. The van der Waals surface area contributed by atoms with Crippen LogP contribution in [0.3, 0.4) is 0 Å². The van der Waals surface area contributed by atoms with Crippen LogP contribution in [0.5, 0.6) is 0 Å². The van der Waals surface area contributed by atoms with E-state index in [4.69, 9.17) is 0 Å². The minimum Gasteiger partial charge on any atom is -0.748 e. The standard InChI is InChI=1S/C8H18O3S.Na/c1-5-6-7(2)8(3,4)12(9,10)11;/h7H,5-6H2,1-4H3,(H,9,10,11);/q;+1/p-1. The fourth-order valence-corrected chi connectivity index (χ4v) is 1.64. The summed E-state index contributed by atoms with van der Waals surface area (Å²) in [5.41, 5.74) is 0. The van der Waals surface area contributed by atoms with Gasteiger partial charge in [-0.2, -0.15) is 0 Å². The number of rotatable bonds is 4. The van der Waals surface area contributed by atoms with Gasteiger partial charge in [0.25, 0.3) is 0 Å². The molecule has 0 aromatic heterocycles. The molecule has 0 aliphatic carbocycles. The van der Waals surface area contributed by atoms with Crippen molar-refractivity contribution in [2.24, 2.45) is 5.92 Å². The average molecular weight is 216 g/mol. The molecule has 0 saturated carbocycles. The predicted octanol–water partition coefficient (Wildman–Crippen LogP) is -1.25. The molecule has 74 valence electrons. The SMILES string of the molecule is CCCC(C)C(C)(C)S(=O)(=O)[O-].[Na+]. The minimum absolute atomic E-state index is 0. The van der Waals surface area contributed by atoms with Crippen LogP contribution in [0.4, 0.5) is 0 Å². The van der Waals surface area contributed by atoms with Gasteiger partial charge in [0.15, 0.2) is 0 Å². The van der Waals surface area contributed by atoms with Crippen molar-refractivity contribution < 1.29 is 42.5 Å². The van der Waals surface area contributed by atoms with Gasteiger partial charge in [-0.05, 0) is 26.2 Å². The van der Waals surface area contributed by atoms with Crippen LogP contribution in [0.15, 0.2) is 0 Å². The van der Waals surface area contributed by atoms with Crippen molar-refractivity contribution in [3.63, 3.8) is 0 Å². The molecule has 1 unspecified atom stereocenters. The summed E-state index contributed by atoms with van der Waals surface area (Å²) in [6.07, 6.45) is 1.68. The van der Waals surface area contributed by atoms with Crippen LogP contribution in [-0.4, -0.2) is 17.7 Å². The Kier molecular flexibility index (Phi) is 7.18. The normalized spacial score (nSPS) is 14.8. The maximum atomic E-state index is 10.8. The van der Waals surface area contributed by atoms with E-state index in [9.17, 15) is 13.0 Å². The molecule has 5 heteroatoms. The van der Waals surface area contributed by atoms with E-state index in [1.807, 2.05) is 6.92 Å². The van der Waals surface area contributed by atoms with E-state index >= 15 is 0 Å². The molecule has 0 N–H and O–H groups in total. The average Bonchev–Trinajstić information content (AvgIpc) is 1.85. The van der Waals surface area contributed by atoms with E-state index in [0.717, 1.165) is 12.8 Å². The second-order valence-electron chi connectivity index (χ2n) is 3.75. The van der Waals surface area contributed by atoms with Gasteiger partial charge in [-0.1, -0.05) is 20.3 Å². The summed E-state index contributed by atoms with van der Waals surface area (Å²) >= 11 is 0. The second kappa shape index (κ2) is 5.71. The molecule has 13 heavy (non-hydrogen) atoms. The Hall–Kier alpha value is 0.910. The molecular weight excluding hydrogens is 199 g/mol. The maximum absolute atomic E-state index is 10.8. The fraction of sp³-hybridized carbons (Fsp3) is 1.00. The third-order valence-electron chi connectivity index (χ3n) is 2.55. The van der Waals surface area contributed by atoms with Crippen LogP contribution in [0, 0.1) is 5.92 Å². The first-order valence-corrected chi connectivity index (χ1v) is 5.59. The van der Waals surface area contributed by atoms with E-state index in [2.05, 4.69) is 0 Å². The van der Waals surface area contributed by atoms with Crippen LogP contribution >= 0.6 is 0 Å². The molecule has 0 aromatic carbocycles. The van der Waals surface area contributed by atoms with Crippen molar-refractivity contribution in [2.45, 2.75) is 45.3 Å². The first-order chi connectivity index (χ1) is 5.23. The molecule has 0 aliphatic rings. The monoisotopic (exact) mass is 216 g/mol. The van der Waals surface area contributed by atoms with E-state index in [0.29, 0.717) is 0 Å². The van der Waals surface area contributed by atoms with Gasteiger partial charge in [-0.25, -0.2) is 8.42 Å². The number of hydrogen-bond donors (Lipinski definition) is 0. The Morgan fingerprint density at radius 2 is 1.77 bits per heavy atom. The molecule has 0 spiro atoms. The summed E-state index contributed by atoms with van der Waals surface area (Å²) in [6, 6.07) is 0. The topological polar surface area (TPSA) is 57.2 Å². The molecule has 1 atom stereocenters. The van der Waals surface area contributed by atoms with Gasteiger partial charge < -0.3 is 4.55 Å². The van der Waals surface area contributed by atoms with Crippen molar-refractivity contribution in [2.75, 3.05) is 0 Å². The quantitative estimate of drug-likeness (QED) is 0.436. The summed E-state index contributed by atoms with van der Waals surface area (Å²) in [5.74, 6) is -0.0787. The molecule has 0 amide bonds. The molecule has 0 aromatic rings. The van der Waals surface area contributed by atoms with Crippen molar-refractivity contribution in [1.29, 1.82) is 0 Å². The van der Waals surface area contributed by atoms with Crippen LogP contribution in [-0.2, 0) is 10.1 Å². The zero-order chi connectivity index (χ0) is 9.99. The molecule has 0 bridgehead atoms. The van der Waals surface area contributed by atoms with Gasteiger partial charge in [0.2, 0.25) is 0 Å². The van der Waals surface area contributed by atoms with Gasteiger partial charge in [-0.3, -0.25) is 0 Å². The first-order valence-electron chi connectivity index (χ1n) is 4.19. The third-order valence-corrected chi connectivity index (χ3v) is 4.24. The van der Waals surface area contributed by atoms with Gasteiger partial charge in [0.05, 0.1) is 4.75 Å². The zero-order valence-electron chi connectivity index (χ0n) is 9.12. The largest absolute Gasteiger partial charge is 1.00 e. The molecule has 3 nitrogen and oxygen atoms in total. The minimum atomic E-state index is -4.17. The van der Waals surface area contributed by atoms with Crippen molar-refractivity contribution in [1.82, 2.24) is 0 Å². The van der Waals surface area contributed by atoms with E-state index in [1.54, 1.807) is 6.92 Å². The molecular formula is C8H17NaO3S. The van der Waals surface area contributed by atoms with Crippen molar-refractivity contribution in [3.8, 4) is 0 Å². The van der Waals surface area contributed by atoms with Gasteiger partial charge >= 0.3 is 29.6 Å². The smallest absolute Gasteiger partial charge is 0.748 e. The fourth-order valence-electron chi connectivity index (χ4n) is 1.03. The van der Waals surface area contributed by atoms with Crippen LogP contribution in [0.1, 0.15) is 40.5 Å². The summed E-state index contributed by atoms with van der Waals surface area (Å²) < 4.78 is 31.3. The van der Waals surface area contributed by atoms with Gasteiger partial charge in [0, 0.05) is 0 Å². The first kappa shape index (κ1) is 16.3. The third kappa shape index (κ3) is 4.30. The molecule has 0 heterocycles. The molecule has 0 radical (unpaired) electrons. The predicted molar refractivity (Wildman–Crippen MR) is 47.8 cm³/mol. The Morgan fingerprint density at radius 3 is 2.00 bits per heavy atom. The van der Waals surface area contributed by atoms with E-state index in [1.165, 1.54) is 13.8 Å². The molecule has 0 saturated heterocycles. The Balaban J connectivity index is 0. The molecule has 0 fully saturated rings. The van der Waals surface area contributed by atoms with Crippen LogP contribution < -0.4 is 29.6 Å². The summed E-state index contributed by atoms with van der Waals surface area (Å²) in [7, 11) is -4.17. The summed E-state index contributed by atoms with van der Waals surface area (Å²) in [6.45, 7) is 6.77. The van der Waals surface area contributed by atoms with Crippen molar-refractivity contribution >= 4 is 10.1 Å². The van der Waals surface area contributed by atoms with E-state index < -0.39 is 14.9 Å². The Labute approximate surface area is 103 Å². The maximum Gasteiger partial charge on any atom is 1.00 e. The van der Waals surface area contributed by atoms with E-state index in [-0.39, 0.29) is 35.5 Å². The zero-order valence-corrected chi connectivity index (χ0v) is 11.9. The Morgan fingerprint density at radius 1 is 1.38 bits per heavy atom. The second-order valence-corrected chi connectivity index (χ2v) is 5.71. The summed E-state index contributed by atoms with van der Waals surface area (Å²) in [4.78, 5) is 0. The van der Waals surface area contributed by atoms with Gasteiger partial charge in [-0.15, -0.1) is 0 Å². The van der Waals surface area contributed by atoms with Crippen LogP contribution in [0.2, 0.25) is 0 Å². The van der Waals surface area contributed by atoms with Crippen LogP contribution in [0.25, 0.3) is 0 Å². The number of hydrogen-bond acceptors (Lipinski definition) is 3.